The first-order valence-corrected chi connectivity index (χ1v) is 16.3. The zero-order valence-corrected chi connectivity index (χ0v) is 19.5. The van der Waals surface area contributed by atoms with Crippen molar-refractivity contribution < 1.29 is 20.3 Å². The van der Waals surface area contributed by atoms with Crippen LogP contribution in [0, 0.1) is 13.8 Å². The van der Waals surface area contributed by atoms with E-state index in [-0.39, 0.29) is 0 Å². The molecule has 0 saturated carbocycles. The summed E-state index contributed by atoms with van der Waals surface area (Å²) in [4.78, 5) is 0. The normalized spacial score (nSPS) is 14.0. The van der Waals surface area contributed by atoms with E-state index in [2.05, 4.69) is 109 Å². The second-order valence-corrected chi connectivity index (χ2v) is 18.0. The summed E-state index contributed by atoms with van der Waals surface area (Å²) in [5, 5.41) is 0. The SMILES string of the molecule is Cc1ccc[c]([Zr]([CH3])([C]2=C(Cc3ccccc3)C=CC2)[c]2cccc(C)c2)c1. The molecule has 0 spiro atoms. The van der Waals surface area contributed by atoms with Crippen molar-refractivity contribution in [1.82, 2.24) is 0 Å². The average molecular weight is 444 g/mol. The maximum absolute atomic E-state index is 3.00. The van der Waals surface area contributed by atoms with Crippen molar-refractivity contribution in [1.29, 1.82) is 0 Å². The van der Waals surface area contributed by atoms with Gasteiger partial charge in [0.1, 0.15) is 0 Å². The fourth-order valence-electron chi connectivity index (χ4n) is 4.48. The monoisotopic (exact) mass is 442 g/mol. The molecular formula is C27H28Zr. The zero-order valence-electron chi connectivity index (χ0n) is 17.1. The number of hydrogen-bond acceptors (Lipinski definition) is 0. The molecule has 0 aliphatic heterocycles. The molecular weight excluding hydrogens is 416 g/mol. The van der Waals surface area contributed by atoms with Crippen LogP contribution in [0.5, 0.6) is 0 Å². The summed E-state index contributed by atoms with van der Waals surface area (Å²) < 4.78 is 7.52. The van der Waals surface area contributed by atoms with Crippen molar-refractivity contribution in [3.8, 4) is 0 Å². The Morgan fingerprint density at radius 3 is 1.93 bits per heavy atom. The van der Waals surface area contributed by atoms with E-state index in [9.17, 15) is 0 Å². The quantitative estimate of drug-likeness (QED) is 0.460. The van der Waals surface area contributed by atoms with Gasteiger partial charge < -0.3 is 0 Å². The predicted octanol–water partition coefficient (Wildman–Crippen LogP) is 5.91. The van der Waals surface area contributed by atoms with Crippen LogP contribution in [0.25, 0.3) is 0 Å². The summed E-state index contributed by atoms with van der Waals surface area (Å²) in [7, 11) is 0. The molecule has 0 atom stereocenters. The molecule has 1 heteroatoms. The third kappa shape index (κ3) is 3.78. The van der Waals surface area contributed by atoms with Crippen LogP contribution in [0.2, 0.25) is 4.63 Å². The zero-order chi connectivity index (χ0) is 19.6. The molecule has 140 valence electrons. The van der Waals surface area contributed by atoms with Crippen LogP contribution in [0.15, 0.2) is 99.9 Å². The average Bonchev–Trinajstić information content (AvgIpc) is 3.17. The molecule has 1 aliphatic carbocycles. The van der Waals surface area contributed by atoms with Gasteiger partial charge in [0.2, 0.25) is 0 Å². The van der Waals surface area contributed by atoms with Crippen LogP contribution in [0.4, 0.5) is 0 Å². The van der Waals surface area contributed by atoms with Gasteiger partial charge in [0.15, 0.2) is 0 Å². The first kappa shape index (κ1) is 19.3. The fraction of sp³-hybridized carbons (Fsp3) is 0.185. The summed E-state index contributed by atoms with van der Waals surface area (Å²) >= 11 is -3.00. The summed E-state index contributed by atoms with van der Waals surface area (Å²) in [5.41, 5.74) is 5.68. The molecule has 0 aromatic heterocycles. The first-order chi connectivity index (χ1) is 13.6. The van der Waals surface area contributed by atoms with Gasteiger partial charge >= 0.3 is 175 Å². The minimum absolute atomic E-state index is 1.04. The first-order valence-electron chi connectivity index (χ1n) is 10.1. The Bertz CT molecular complexity index is 995. The Kier molecular flexibility index (Phi) is 5.65. The molecule has 0 amide bonds. The molecule has 0 bridgehead atoms. The van der Waals surface area contributed by atoms with Crippen LogP contribution in [0.1, 0.15) is 23.1 Å². The van der Waals surface area contributed by atoms with Gasteiger partial charge in [-0.2, -0.15) is 0 Å². The van der Waals surface area contributed by atoms with Crippen molar-refractivity contribution >= 4 is 6.54 Å². The van der Waals surface area contributed by atoms with E-state index in [1.165, 1.54) is 16.7 Å². The third-order valence-corrected chi connectivity index (χ3v) is 17.5. The van der Waals surface area contributed by atoms with E-state index in [1.807, 2.05) is 0 Å². The standard InChI is InChI=1S/C12H11.2C7H7.CH3.Zr/c1-2-6-11(7-3-1)10-12-8-4-5-9-12;2*1-7-5-3-2-4-6-7;;/h1-4,6-8H,5,10H2;2*2-3,5-6H,1H3;1H3;. The molecule has 0 radical (unpaired) electrons. The molecule has 28 heavy (non-hydrogen) atoms. The number of rotatable bonds is 5. The van der Waals surface area contributed by atoms with Crippen molar-refractivity contribution in [2.24, 2.45) is 0 Å². The van der Waals surface area contributed by atoms with E-state index < -0.39 is 20.3 Å². The number of aryl methyl sites for hydroxylation is 2. The molecule has 3 aromatic rings. The van der Waals surface area contributed by atoms with E-state index in [0.29, 0.717) is 0 Å². The molecule has 0 unspecified atom stereocenters. The van der Waals surface area contributed by atoms with E-state index in [4.69, 9.17) is 0 Å². The predicted molar refractivity (Wildman–Crippen MR) is 118 cm³/mol. The van der Waals surface area contributed by atoms with Crippen molar-refractivity contribution in [3.63, 3.8) is 0 Å². The molecule has 0 saturated heterocycles. The van der Waals surface area contributed by atoms with Gasteiger partial charge in [0.25, 0.3) is 0 Å². The summed E-state index contributed by atoms with van der Waals surface area (Å²) in [6.07, 6.45) is 6.92. The van der Waals surface area contributed by atoms with Crippen LogP contribution >= 0.6 is 0 Å². The Morgan fingerprint density at radius 2 is 1.36 bits per heavy atom. The van der Waals surface area contributed by atoms with E-state index in [1.54, 1.807) is 15.4 Å². The minimum atomic E-state index is -3.00. The van der Waals surface area contributed by atoms with Crippen LogP contribution in [-0.4, -0.2) is 0 Å². The second kappa shape index (κ2) is 8.18. The van der Waals surface area contributed by atoms with Crippen molar-refractivity contribution in [2.45, 2.75) is 31.3 Å². The summed E-state index contributed by atoms with van der Waals surface area (Å²) in [6, 6.07) is 29.5. The molecule has 0 heterocycles. The molecule has 0 N–H and O–H groups in total. The van der Waals surface area contributed by atoms with E-state index >= 15 is 0 Å². The molecule has 0 fully saturated rings. The van der Waals surface area contributed by atoms with Crippen LogP contribution in [0.3, 0.4) is 0 Å². The Labute approximate surface area is 174 Å². The third-order valence-electron chi connectivity index (χ3n) is 6.06. The topological polar surface area (TPSA) is 0 Å². The Hall–Kier alpha value is -1.98. The maximum atomic E-state index is 2.62. The van der Waals surface area contributed by atoms with Crippen molar-refractivity contribution in [3.05, 3.63) is 117 Å². The number of allylic oxidation sites excluding steroid dienone is 4. The van der Waals surface area contributed by atoms with Gasteiger partial charge in [-0.25, -0.2) is 0 Å². The van der Waals surface area contributed by atoms with Crippen LogP contribution < -0.4 is 6.54 Å². The van der Waals surface area contributed by atoms with Gasteiger partial charge in [-0.1, -0.05) is 0 Å². The van der Waals surface area contributed by atoms with Gasteiger partial charge in [-0.05, 0) is 0 Å². The second-order valence-electron chi connectivity index (χ2n) is 8.14. The Balaban J connectivity index is 1.89. The van der Waals surface area contributed by atoms with Gasteiger partial charge in [0.05, 0.1) is 0 Å². The molecule has 1 aliphatic rings. The summed E-state index contributed by atoms with van der Waals surface area (Å²) in [6.45, 7) is 4.44. The molecule has 3 aromatic carbocycles. The van der Waals surface area contributed by atoms with Gasteiger partial charge in [-0.15, -0.1) is 0 Å². The van der Waals surface area contributed by atoms with E-state index in [0.717, 1.165) is 12.8 Å². The number of benzene rings is 3. The van der Waals surface area contributed by atoms with Crippen molar-refractivity contribution in [2.75, 3.05) is 0 Å². The summed E-state index contributed by atoms with van der Waals surface area (Å²) in [5.74, 6) is 0. The van der Waals surface area contributed by atoms with Gasteiger partial charge in [-0.3, -0.25) is 0 Å². The van der Waals surface area contributed by atoms with Gasteiger partial charge in [0, 0.05) is 0 Å². The Morgan fingerprint density at radius 1 is 0.750 bits per heavy atom. The molecule has 0 nitrogen and oxygen atoms in total. The van der Waals surface area contributed by atoms with Crippen LogP contribution in [-0.2, 0) is 26.7 Å². The molecule has 4 rings (SSSR count). The number of hydrogen-bond donors (Lipinski definition) is 0. The fourth-order valence-corrected chi connectivity index (χ4v) is 15.0.